The summed E-state index contributed by atoms with van der Waals surface area (Å²) in [5, 5.41) is 76.8. The zero-order valence-corrected chi connectivity index (χ0v) is 38.2. The molecule has 0 fully saturated rings. The molecule has 20 nitrogen and oxygen atoms in total. The standard InChI is InChI=1S/C42H77N3O17.C2H6/c43-34(17-45(44)15-11-6-4-2-1-3-5-7-12-16-59-42(54)33-13-9-8-10-14-33)22-60-41(31-61-39(27-55-23-35(50)18-46)28-56-24-36(51)19-47)32-62-40(29-57-25-37(52)20-48)30-58-26-38(53)21-49;1-2/h8-10,13-14,17,35-41,46-53H,1-7,11-12,15-16,18-32,43-44H2;1-2H3/b34-17-;. The average molecular weight is 926 g/mol. The first-order chi connectivity index (χ1) is 31.0. The van der Waals surface area contributed by atoms with E-state index in [1.54, 1.807) is 18.3 Å². The first-order valence-corrected chi connectivity index (χ1v) is 22.5. The number of benzene rings is 1. The summed E-state index contributed by atoms with van der Waals surface area (Å²) in [6.45, 7) is 1.80. The molecular formula is C44H83N3O17. The Morgan fingerprint density at radius 3 is 1.34 bits per heavy atom. The Kier molecular flexibility index (Phi) is 41.2. The van der Waals surface area contributed by atoms with E-state index in [-0.39, 0.29) is 78.6 Å². The fraction of sp³-hybridized carbons (Fsp3) is 0.795. The van der Waals surface area contributed by atoms with Crippen LogP contribution in [0, 0.1) is 0 Å². The Balaban J connectivity index is 0.0000195. The predicted octanol–water partition coefficient (Wildman–Crippen LogP) is -0.00890. The van der Waals surface area contributed by atoms with Crippen molar-refractivity contribution < 1.29 is 83.5 Å². The first-order valence-electron chi connectivity index (χ1n) is 22.5. The smallest absolute Gasteiger partial charge is 0.338 e. The molecule has 1 rings (SSSR count). The lowest BCUT2D eigenvalue weighted by Gasteiger charge is -2.26. The van der Waals surface area contributed by atoms with Gasteiger partial charge in [0, 0.05) is 12.7 Å². The molecule has 376 valence electrons. The van der Waals surface area contributed by atoms with E-state index < -0.39 is 69.2 Å². The van der Waals surface area contributed by atoms with Gasteiger partial charge in [0.25, 0.3) is 0 Å². The number of esters is 1. The molecule has 1 aromatic carbocycles. The van der Waals surface area contributed by atoms with Crippen LogP contribution in [0.2, 0.25) is 0 Å². The fourth-order valence-corrected chi connectivity index (χ4v) is 5.46. The molecule has 4 atom stereocenters. The maximum atomic E-state index is 12.0. The van der Waals surface area contributed by atoms with Crippen LogP contribution in [0.5, 0.6) is 0 Å². The van der Waals surface area contributed by atoms with Crippen LogP contribution in [0.1, 0.15) is 82.0 Å². The van der Waals surface area contributed by atoms with E-state index in [9.17, 15) is 25.2 Å². The fourth-order valence-electron chi connectivity index (χ4n) is 5.46. The lowest BCUT2D eigenvalue weighted by molar-refractivity contribution is -0.137. The van der Waals surface area contributed by atoms with E-state index in [2.05, 4.69) is 0 Å². The molecule has 0 saturated heterocycles. The van der Waals surface area contributed by atoms with Gasteiger partial charge in [0.1, 0.15) is 42.7 Å². The maximum absolute atomic E-state index is 12.0. The number of carbonyl (C=O) groups is 1. The van der Waals surface area contributed by atoms with Gasteiger partial charge in [-0.3, -0.25) is 0 Å². The third-order valence-electron chi connectivity index (χ3n) is 8.96. The lowest BCUT2D eigenvalue weighted by Crippen LogP contribution is -2.38. The molecule has 4 unspecified atom stereocenters. The minimum Gasteiger partial charge on any atom is -0.462 e. The second-order valence-electron chi connectivity index (χ2n) is 15.0. The maximum Gasteiger partial charge on any atom is 0.338 e. The van der Waals surface area contributed by atoms with Crippen LogP contribution in [0.3, 0.4) is 0 Å². The molecule has 12 N–H and O–H groups in total. The van der Waals surface area contributed by atoms with Gasteiger partial charge in [-0.1, -0.05) is 77.0 Å². The van der Waals surface area contributed by atoms with Crippen molar-refractivity contribution in [1.29, 1.82) is 0 Å². The van der Waals surface area contributed by atoms with Crippen molar-refractivity contribution >= 4 is 5.97 Å². The van der Waals surface area contributed by atoms with Crippen molar-refractivity contribution in [3.05, 3.63) is 47.8 Å². The second-order valence-corrected chi connectivity index (χ2v) is 15.0. The minimum atomic E-state index is -1.11. The molecule has 0 aliphatic rings. The predicted molar refractivity (Wildman–Crippen MR) is 238 cm³/mol. The van der Waals surface area contributed by atoms with Crippen LogP contribution < -0.4 is 11.6 Å². The average Bonchev–Trinajstić information content (AvgIpc) is 3.31. The summed E-state index contributed by atoms with van der Waals surface area (Å²) in [7, 11) is 0. The summed E-state index contributed by atoms with van der Waals surface area (Å²) in [5.41, 5.74) is 7.18. The van der Waals surface area contributed by atoms with Crippen molar-refractivity contribution in [3.8, 4) is 0 Å². The summed E-state index contributed by atoms with van der Waals surface area (Å²) in [5.74, 6) is 5.93. The van der Waals surface area contributed by atoms with Crippen molar-refractivity contribution in [1.82, 2.24) is 5.01 Å². The third-order valence-corrected chi connectivity index (χ3v) is 8.96. The normalized spacial score (nSPS) is 15.1. The van der Waals surface area contributed by atoms with E-state index in [4.69, 9.17) is 69.9 Å². The SMILES string of the molecule is CC.N/C(=C\N(N)CCCCCCCCCCCOC(=O)c1ccccc1)COC(COC(COCC(O)CO)COCC(O)CO)COC(COCC(O)CO)COCC(O)CO. The third kappa shape index (κ3) is 35.6. The number of aliphatic hydroxyl groups is 8. The summed E-state index contributed by atoms with van der Waals surface area (Å²) < 4.78 is 45.4. The highest BCUT2D eigenvalue weighted by molar-refractivity contribution is 5.89. The van der Waals surface area contributed by atoms with Gasteiger partial charge in [0.15, 0.2) is 0 Å². The quantitative estimate of drug-likeness (QED) is 0.0178. The molecule has 0 aliphatic carbocycles. The Labute approximate surface area is 379 Å². The topological polar surface area (TPSA) is 308 Å². The van der Waals surface area contributed by atoms with Gasteiger partial charge < -0.3 is 89.5 Å². The molecule has 0 bridgehead atoms. The van der Waals surface area contributed by atoms with Crippen LogP contribution in [-0.4, -0.2) is 207 Å². The highest BCUT2D eigenvalue weighted by Gasteiger charge is 2.21. The van der Waals surface area contributed by atoms with Crippen LogP contribution in [0.15, 0.2) is 42.2 Å². The van der Waals surface area contributed by atoms with Gasteiger partial charge in [-0.15, -0.1) is 0 Å². The number of aliphatic hydroxyl groups excluding tert-OH is 8. The summed E-state index contributed by atoms with van der Waals surface area (Å²) >= 11 is 0. The first kappa shape index (κ1) is 61.4. The van der Waals surface area contributed by atoms with E-state index in [0.29, 0.717) is 24.4 Å². The number of nitrogens with two attached hydrogens (primary N) is 2. The van der Waals surface area contributed by atoms with Gasteiger partial charge >= 0.3 is 5.97 Å². The van der Waals surface area contributed by atoms with E-state index in [1.807, 2.05) is 32.0 Å². The molecule has 0 radical (unpaired) electrons. The molecule has 20 heteroatoms. The van der Waals surface area contributed by atoms with Gasteiger partial charge in [-0.25, -0.2) is 10.6 Å². The van der Waals surface area contributed by atoms with E-state index in [1.165, 1.54) is 5.01 Å². The molecule has 1 aromatic rings. The summed E-state index contributed by atoms with van der Waals surface area (Å²) in [4.78, 5) is 12.0. The van der Waals surface area contributed by atoms with Crippen LogP contribution >= 0.6 is 0 Å². The largest absolute Gasteiger partial charge is 0.462 e. The zero-order chi connectivity index (χ0) is 47.6. The van der Waals surface area contributed by atoms with E-state index >= 15 is 0 Å². The molecule has 0 spiro atoms. The Bertz CT molecular complexity index is 1140. The van der Waals surface area contributed by atoms with Gasteiger partial charge in [-0.05, 0) is 25.0 Å². The Morgan fingerprint density at radius 2 is 0.938 bits per heavy atom. The molecule has 0 amide bonds. The molecule has 0 aliphatic heterocycles. The number of nitrogens with zero attached hydrogens (tertiary/aromatic N) is 1. The highest BCUT2D eigenvalue weighted by Crippen LogP contribution is 2.12. The number of carbonyl (C=O) groups excluding carboxylic acids is 1. The molecule has 0 saturated carbocycles. The van der Waals surface area contributed by atoms with Gasteiger partial charge in [0.05, 0.1) is 117 Å². The summed E-state index contributed by atoms with van der Waals surface area (Å²) in [6, 6.07) is 8.98. The summed E-state index contributed by atoms with van der Waals surface area (Å²) in [6.07, 6.45) is 4.20. The van der Waals surface area contributed by atoms with Crippen LogP contribution in [0.25, 0.3) is 0 Å². The molecule has 0 heterocycles. The highest BCUT2D eigenvalue weighted by atomic mass is 16.6. The van der Waals surface area contributed by atoms with Crippen molar-refractivity contribution in [2.45, 2.75) is 114 Å². The van der Waals surface area contributed by atoms with Crippen molar-refractivity contribution in [2.24, 2.45) is 11.6 Å². The lowest BCUT2D eigenvalue weighted by atomic mass is 10.1. The number of hydrogen-bond donors (Lipinski definition) is 10. The van der Waals surface area contributed by atoms with Gasteiger partial charge in [-0.2, -0.15) is 0 Å². The van der Waals surface area contributed by atoms with Crippen molar-refractivity contribution in [3.63, 3.8) is 0 Å². The number of ether oxygens (including phenoxy) is 8. The van der Waals surface area contributed by atoms with E-state index in [0.717, 1.165) is 57.8 Å². The van der Waals surface area contributed by atoms with Crippen LogP contribution in [-0.2, 0) is 37.9 Å². The van der Waals surface area contributed by atoms with Crippen LogP contribution in [0.4, 0.5) is 0 Å². The van der Waals surface area contributed by atoms with Gasteiger partial charge in [0.2, 0.25) is 0 Å². The number of unbranched alkanes of at least 4 members (excludes halogenated alkanes) is 8. The number of hydrazine groups is 1. The molecule has 0 aromatic heterocycles. The second kappa shape index (κ2) is 43.0. The zero-order valence-electron chi connectivity index (χ0n) is 38.2. The monoisotopic (exact) mass is 926 g/mol. The number of hydrogen-bond acceptors (Lipinski definition) is 20. The Morgan fingerprint density at radius 1 is 0.562 bits per heavy atom. The minimum absolute atomic E-state index is 0.0628. The molecular weight excluding hydrogens is 842 g/mol. The molecule has 64 heavy (non-hydrogen) atoms. The van der Waals surface area contributed by atoms with Crippen molar-refractivity contribution in [2.75, 3.05) is 112 Å². The number of rotatable bonds is 43. The Hall–Kier alpha value is -2.61.